The molecule has 0 amide bonds. The number of aromatic nitrogens is 2. The van der Waals surface area contributed by atoms with Gasteiger partial charge in [0.15, 0.2) is 11.6 Å². The number of carboxylic acids is 1. The van der Waals surface area contributed by atoms with Crippen LogP contribution in [0.1, 0.15) is 10.4 Å². The number of nitro groups is 1. The summed E-state index contributed by atoms with van der Waals surface area (Å²) < 4.78 is 15.2. The highest BCUT2D eigenvalue weighted by molar-refractivity contribution is 5.93. The maximum Gasteiger partial charge on any atom is 0.342 e. The van der Waals surface area contributed by atoms with Gasteiger partial charge in [-0.25, -0.2) is 9.18 Å². The molecular weight excluding hydrogens is 271 g/mol. The van der Waals surface area contributed by atoms with Crippen molar-refractivity contribution in [3.63, 3.8) is 0 Å². The number of hydrogen-bond acceptors (Lipinski definition) is 5. The molecule has 0 aliphatic carbocycles. The van der Waals surface area contributed by atoms with Crippen LogP contribution in [0.4, 0.5) is 21.6 Å². The molecule has 0 unspecified atom stereocenters. The summed E-state index contributed by atoms with van der Waals surface area (Å²) in [7, 11) is 1.65. The van der Waals surface area contributed by atoms with Crippen LogP contribution in [0.15, 0.2) is 24.4 Å². The second-order valence-electron chi connectivity index (χ2n) is 3.91. The van der Waals surface area contributed by atoms with Crippen molar-refractivity contribution in [2.45, 2.75) is 0 Å². The smallest absolute Gasteiger partial charge is 0.342 e. The van der Waals surface area contributed by atoms with Gasteiger partial charge < -0.3 is 10.4 Å². The van der Waals surface area contributed by atoms with Gasteiger partial charge in [-0.05, 0) is 6.07 Å². The third-order valence-corrected chi connectivity index (χ3v) is 2.49. The lowest BCUT2D eigenvalue weighted by Crippen LogP contribution is -2.06. The number of aromatic carboxylic acids is 1. The van der Waals surface area contributed by atoms with Crippen LogP contribution in [0.5, 0.6) is 0 Å². The van der Waals surface area contributed by atoms with Gasteiger partial charge >= 0.3 is 5.97 Å². The molecule has 0 bridgehead atoms. The zero-order valence-corrected chi connectivity index (χ0v) is 10.2. The Morgan fingerprint density at radius 1 is 1.55 bits per heavy atom. The van der Waals surface area contributed by atoms with E-state index in [1.54, 1.807) is 19.3 Å². The number of aryl methyl sites for hydroxylation is 1. The third kappa shape index (κ3) is 2.55. The lowest BCUT2D eigenvalue weighted by atomic mass is 10.1. The summed E-state index contributed by atoms with van der Waals surface area (Å²) in [6.07, 6.45) is 1.60. The van der Waals surface area contributed by atoms with Crippen LogP contribution >= 0.6 is 0 Å². The molecule has 0 atom stereocenters. The molecule has 2 aromatic rings. The standard InChI is InChI=1S/C11H9FN4O4/c1-15-3-2-10(14-15)13-8-4-6(11(17)18)9(16(19)20)5-7(8)12/h2-5H,1H3,(H,13,14)(H,17,18). The van der Waals surface area contributed by atoms with Crippen LogP contribution in [0.2, 0.25) is 0 Å². The van der Waals surface area contributed by atoms with Crippen molar-refractivity contribution >= 4 is 23.2 Å². The number of nitrogens with one attached hydrogen (secondary N) is 1. The Morgan fingerprint density at radius 3 is 2.75 bits per heavy atom. The molecule has 0 spiro atoms. The minimum absolute atomic E-state index is 0.202. The molecule has 0 aliphatic rings. The molecule has 8 nitrogen and oxygen atoms in total. The lowest BCUT2D eigenvalue weighted by Gasteiger charge is -2.06. The van der Waals surface area contributed by atoms with Crippen molar-refractivity contribution in [1.29, 1.82) is 0 Å². The van der Waals surface area contributed by atoms with E-state index in [1.807, 2.05) is 0 Å². The summed E-state index contributed by atoms with van der Waals surface area (Å²) in [6, 6.07) is 2.97. The Balaban J connectivity index is 2.46. The van der Waals surface area contributed by atoms with E-state index in [2.05, 4.69) is 10.4 Å². The fourth-order valence-corrected chi connectivity index (χ4v) is 1.60. The topological polar surface area (TPSA) is 110 Å². The van der Waals surface area contributed by atoms with E-state index in [0.717, 1.165) is 6.07 Å². The molecule has 0 fully saturated rings. The molecule has 1 heterocycles. The van der Waals surface area contributed by atoms with E-state index in [9.17, 15) is 19.3 Å². The third-order valence-electron chi connectivity index (χ3n) is 2.49. The minimum atomic E-state index is -1.51. The molecule has 104 valence electrons. The van der Waals surface area contributed by atoms with E-state index in [1.165, 1.54) is 4.68 Å². The van der Waals surface area contributed by atoms with Crippen molar-refractivity contribution in [2.24, 2.45) is 7.05 Å². The van der Waals surface area contributed by atoms with Crippen LogP contribution < -0.4 is 5.32 Å². The molecule has 0 radical (unpaired) electrons. The largest absolute Gasteiger partial charge is 0.477 e. The monoisotopic (exact) mass is 280 g/mol. The van der Waals surface area contributed by atoms with Gasteiger partial charge in [0.1, 0.15) is 5.56 Å². The number of carboxylic acid groups (broad SMARTS) is 1. The van der Waals surface area contributed by atoms with Crippen LogP contribution in [0, 0.1) is 15.9 Å². The normalized spacial score (nSPS) is 10.3. The zero-order valence-electron chi connectivity index (χ0n) is 10.2. The Hall–Kier alpha value is -2.97. The van der Waals surface area contributed by atoms with E-state index < -0.39 is 28.0 Å². The Labute approximate surface area is 111 Å². The van der Waals surface area contributed by atoms with E-state index in [-0.39, 0.29) is 11.5 Å². The highest BCUT2D eigenvalue weighted by Crippen LogP contribution is 2.27. The van der Waals surface area contributed by atoms with Crippen molar-refractivity contribution in [2.75, 3.05) is 5.32 Å². The Kier molecular flexibility index (Phi) is 3.34. The van der Waals surface area contributed by atoms with Gasteiger partial charge in [0.2, 0.25) is 0 Å². The fourth-order valence-electron chi connectivity index (χ4n) is 1.60. The Bertz CT molecular complexity index is 698. The fraction of sp³-hybridized carbons (Fsp3) is 0.0909. The second kappa shape index (κ2) is 4.96. The van der Waals surface area contributed by atoms with Gasteiger partial charge in [0.05, 0.1) is 16.7 Å². The van der Waals surface area contributed by atoms with Crippen LogP contribution in [0.3, 0.4) is 0 Å². The number of hydrogen-bond donors (Lipinski definition) is 2. The summed E-state index contributed by atoms with van der Waals surface area (Å²) >= 11 is 0. The van der Waals surface area contributed by atoms with E-state index in [0.29, 0.717) is 6.07 Å². The summed E-state index contributed by atoms with van der Waals surface area (Å²) in [4.78, 5) is 20.7. The van der Waals surface area contributed by atoms with Gasteiger partial charge in [-0.2, -0.15) is 5.10 Å². The van der Waals surface area contributed by atoms with Crippen molar-refractivity contribution in [3.05, 3.63) is 45.9 Å². The minimum Gasteiger partial charge on any atom is -0.477 e. The maximum atomic E-state index is 13.8. The van der Waals surface area contributed by atoms with Crippen molar-refractivity contribution in [1.82, 2.24) is 9.78 Å². The molecule has 1 aromatic carbocycles. The average molecular weight is 280 g/mol. The first-order valence-corrected chi connectivity index (χ1v) is 5.36. The van der Waals surface area contributed by atoms with Gasteiger partial charge in [0, 0.05) is 19.3 Å². The number of benzene rings is 1. The quantitative estimate of drug-likeness (QED) is 0.653. The number of carbonyl (C=O) groups is 1. The first-order valence-electron chi connectivity index (χ1n) is 5.36. The predicted octanol–water partition coefficient (Wildman–Crippen LogP) is 1.91. The second-order valence-corrected chi connectivity index (χ2v) is 3.91. The molecule has 2 rings (SSSR count). The van der Waals surface area contributed by atoms with Crippen LogP contribution in [0.25, 0.3) is 0 Å². The van der Waals surface area contributed by atoms with E-state index in [4.69, 9.17) is 5.11 Å². The van der Waals surface area contributed by atoms with Gasteiger partial charge in [-0.3, -0.25) is 14.8 Å². The van der Waals surface area contributed by atoms with E-state index >= 15 is 0 Å². The lowest BCUT2D eigenvalue weighted by molar-refractivity contribution is -0.385. The number of anilines is 2. The SMILES string of the molecule is Cn1ccc(Nc2cc(C(=O)O)c([N+](=O)[O-])cc2F)n1. The Morgan fingerprint density at radius 2 is 2.25 bits per heavy atom. The first kappa shape index (κ1) is 13.5. The molecule has 2 N–H and O–H groups in total. The van der Waals surface area contributed by atoms with Gasteiger partial charge in [-0.15, -0.1) is 0 Å². The van der Waals surface area contributed by atoms with Gasteiger partial charge in [-0.1, -0.05) is 0 Å². The maximum absolute atomic E-state index is 13.8. The van der Waals surface area contributed by atoms with Crippen LogP contribution in [-0.2, 0) is 7.05 Å². The molecule has 0 saturated carbocycles. The number of nitrogens with zero attached hydrogens (tertiary/aromatic N) is 3. The zero-order chi connectivity index (χ0) is 14.9. The highest BCUT2D eigenvalue weighted by atomic mass is 19.1. The number of nitro benzene ring substituents is 1. The predicted molar refractivity (Wildman–Crippen MR) is 66.5 cm³/mol. The molecule has 0 aliphatic heterocycles. The number of rotatable bonds is 4. The molecule has 0 saturated heterocycles. The summed E-state index contributed by atoms with van der Waals surface area (Å²) in [5.74, 6) is -2.16. The molecule has 9 heteroatoms. The van der Waals surface area contributed by atoms with Crippen molar-refractivity contribution < 1.29 is 19.2 Å². The first-order chi connectivity index (χ1) is 9.38. The molecule has 1 aromatic heterocycles. The molecular formula is C11H9FN4O4. The summed E-state index contributed by atoms with van der Waals surface area (Å²) in [6.45, 7) is 0. The summed E-state index contributed by atoms with van der Waals surface area (Å²) in [5.41, 5.74) is -1.61. The van der Waals surface area contributed by atoms with Crippen LogP contribution in [-0.4, -0.2) is 25.8 Å². The highest BCUT2D eigenvalue weighted by Gasteiger charge is 2.23. The average Bonchev–Trinajstić information content (AvgIpc) is 2.76. The summed E-state index contributed by atoms with van der Waals surface area (Å²) in [5, 5.41) is 26.1. The number of halogens is 1. The molecule has 20 heavy (non-hydrogen) atoms. The van der Waals surface area contributed by atoms with Gasteiger partial charge in [0.25, 0.3) is 5.69 Å². The van der Waals surface area contributed by atoms with Crippen molar-refractivity contribution in [3.8, 4) is 0 Å².